The Morgan fingerprint density at radius 3 is 2.19 bits per heavy atom. The molecule has 0 saturated heterocycles. The van der Waals surface area contributed by atoms with Crippen molar-refractivity contribution in [2.75, 3.05) is 21.2 Å². The van der Waals surface area contributed by atoms with E-state index in [9.17, 15) is 14.0 Å². The van der Waals surface area contributed by atoms with E-state index >= 15 is 0 Å². The van der Waals surface area contributed by atoms with Crippen LogP contribution in [-0.2, 0) is 20.9 Å². The molecule has 7 heteroatoms. The zero-order valence-electron chi connectivity index (χ0n) is 19.4. The molecule has 2 aliphatic rings. The summed E-state index contributed by atoms with van der Waals surface area (Å²) in [6.07, 6.45) is 3.06. The van der Waals surface area contributed by atoms with E-state index in [0.717, 1.165) is 30.4 Å². The second-order valence-electron chi connectivity index (χ2n) is 8.98. The standard InChI is InChI=1S/C24H33FN2O4/c1-7-23(30-6)8-10-24(11-9-23)20(31-22(29)27(4)5)19(21(28)26-24)18-15(2)12-17(14-25)13-16(18)3/h12-13H,7-11,14H2,1-6H3,(H,26,28). The van der Waals surface area contributed by atoms with Crippen LogP contribution < -0.4 is 5.32 Å². The number of aryl methyl sites for hydroxylation is 2. The van der Waals surface area contributed by atoms with Gasteiger partial charge in [-0.25, -0.2) is 9.18 Å². The van der Waals surface area contributed by atoms with Gasteiger partial charge in [-0.3, -0.25) is 4.79 Å². The van der Waals surface area contributed by atoms with Crippen LogP contribution in [0.5, 0.6) is 0 Å². The molecule has 1 saturated carbocycles. The van der Waals surface area contributed by atoms with Crippen LogP contribution in [0.2, 0.25) is 0 Å². The smallest absolute Gasteiger partial charge is 0.411 e. The number of carbonyl (C=O) groups excluding carboxylic acids is 2. The van der Waals surface area contributed by atoms with Gasteiger partial charge >= 0.3 is 6.09 Å². The molecule has 2 amide bonds. The Bertz CT molecular complexity index is 885. The lowest BCUT2D eigenvalue weighted by atomic mass is 9.72. The lowest BCUT2D eigenvalue weighted by molar-refractivity contribution is -0.117. The third-order valence-corrected chi connectivity index (χ3v) is 6.89. The van der Waals surface area contributed by atoms with Crippen molar-refractivity contribution in [2.24, 2.45) is 0 Å². The van der Waals surface area contributed by atoms with Gasteiger partial charge in [-0.15, -0.1) is 0 Å². The molecule has 1 aliphatic carbocycles. The van der Waals surface area contributed by atoms with Crippen LogP contribution in [0.3, 0.4) is 0 Å². The van der Waals surface area contributed by atoms with Crippen molar-refractivity contribution in [1.82, 2.24) is 10.2 Å². The Balaban J connectivity index is 2.15. The van der Waals surface area contributed by atoms with E-state index < -0.39 is 18.3 Å². The number of alkyl halides is 1. The highest BCUT2D eigenvalue weighted by atomic mass is 19.1. The predicted octanol–water partition coefficient (Wildman–Crippen LogP) is 4.42. The van der Waals surface area contributed by atoms with Crippen LogP contribution in [0.1, 0.15) is 61.3 Å². The van der Waals surface area contributed by atoms with Crippen molar-refractivity contribution in [3.05, 3.63) is 40.1 Å². The van der Waals surface area contributed by atoms with Gasteiger partial charge in [-0.2, -0.15) is 0 Å². The maximum absolute atomic E-state index is 13.3. The summed E-state index contributed by atoms with van der Waals surface area (Å²) in [5.74, 6) is 0.110. The third kappa shape index (κ3) is 4.07. The average Bonchev–Trinajstić information content (AvgIpc) is 2.99. The molecule has 1 aliphatic heterocycles. The molecule has 0 atom stereocenters. The fourth-order valence-electron chi connectivity index (χ4n) is 4.94. The van der Waals surface area contributed by atoms with E-state index in [1.165, 1.54) is 4.90 Å². The van der Waals surface area contributed by atoms with Crippen LogP contribution in [0.4, 0.5) is 9.18 Å². The zero-order chi connectivity index (χ0) is 23.0. The fraction of sp³-hybridized carbons (Fsp3) is 0.583. The van der Waals surface area contributed by atoms with Gasteiger partial charge in [-0.1, -0.05) is 19.1 Å². The molecule has 1 heterocycles. The topological polar surface area (TPSA) is 67.9 Å². The Kier molecular flexibility index (Phi) is 6.46. The van der Waals surface area contributed by atoms with Crippen molar-refractivity contribution >= 4 is 17.6 Å². The summed E-state index contributed by atoms with van der Waals surface area (Å²) in [5, 5.41) is 3.14. The first-order valence-electron chi connectivity index (χ1n) is 10.8. The molecule has 0 radical (unpaired) electrons. The van der Waals surface area contributed by atoms with Gasteiger partial charge < -0.3 is 19.7 Å². The quantitative estimate of drug-likeness (QED) is 0.748. The highest BCUT2D eigenvalue weighted by Crippen LogP contribution is 2.48. The molecule has 0 aromatic heterocycles. The first kappa shape index (κ1) is 23.3. The van der Waals surface area contributed by atoms with Gasteiger partial charge in [0.2, 0.25) is 0 Å². The molecule has 1 aromatic rings. The van der Waals surface area contributed by atoms with Gasteiger partial charge in [-0.05, 0) is 68.2 Å². The van der Waals surface area contributed by atoms with E-state index in [2.05, 4.69) is 12.2 Å². The molecule has 1 fully saturated rings. The first-order valence-corrected chi connectivity index (χ1v) is 10.8. The molecule has 0 bridgehead atoms. The summed E-state index contributed by atoms with van der Waals surface area (Å²) >= 11 is 0. The summed E-state index contributed by atoms with van der Waals surface area (Å²) in [7, 11) is 4.95. The van der Waals surface area contributed by atoms with Crippen molar-refractivity contribution in [3.63, 3.8) is 0 Å². The number of ether oxygens (including phenoxy) is 2. The molecule has 1 N–H and O–H groups in total. The van der Waals surface area contributed by atoms with Gasteiger partial charge in [0.15, 0.2) is 0 Å². The van der Waals surface area contributed by atoms with E-state index in [1.54, 1.807) is 33.3 Å². The normalized spacial score (nSPS) is 25.7. The largest absolute Gasteiger partial charge is 0.414 e. The number of hydrogen-bond donors (Lipinski definition) is 1. The van der Waals surface area contributed by atoms with Gasteiger partial charge in [0.05, 0.1) is 16.7 Å². The number of carbonyl (C=O) groups is 2. The first-order chi connectivity index (χ1) is 14.6. The van der Waals surface area contributed by atoms with Crippen molar-refractivity contribution < 1.29 is 23.5 Å². The van der Waals surface area contributed by atoms with Crippen molar-refractivity contribution in [1.29, 1.82) is 0 Å². The minimum absolute atomic E-state index is 0.232. The number of benzene rings is 1. The Labute approximate surface area is 183 Å². The summed E-state index contributed by atoms with van der Waals surface area (Å²) < 4.78 is 24.9. The van der Waals surface area contributed by atoms with Gasteiger partial charge in [0.1, 0.15) is 12.4 Å². The number of amides is 2. The molecule has 31 heavy (non-hydrogen) atoms. The van der Waals surface area contributed by atoms with Crippen LogP contribution in [-0.4, -0.2) is 49.2 Å². The van der Waals surface area contributed by atoms with E-state index in [4.69, 9.17) is 9.47 Å². The van der Waals surface area contributed by atoms with E-state index in [1.807, 2.05) is 13.8 Å². The summed E-state index contributed by atoms with van der Waals surface area (Å²) in [4.78, 5) is 27.2. The Morgan fingerprint density at radius 2 is 1.74 bits per heavy atom. The monoisotopic (exact) mass is 432 g/mol. The number of hydrogen-bond acceptors (Lipinski definition) is 4. The zero-order valence-corrected chi connectivity index (χ0v) is 19.4. The minimum atomic E-state index is -0.757. The highest BCUT2D eigenvalue weighted by molar-refractivity contribution is 6.24. The van der Waals surface area contributed by atoms with Crippen molar-refractivity contribution in [2.45, 2.75) is 70.7 Å². The molecule has 1 aromatic carbocycles. The van der Waals surface area contributed by atoms with Crippen LogP contribution >= 0.6 is 0 Å². The van der Waals surface area contributed by atoms with Gasteiger partial charge in [0, 0.05) is 21.2 Å². The number of nitrogens with one attached hydrogen (secondary N) is 1. The lowest BCUT2D eigenvalue weighted by Crippen LogP contribution is -2.52. The summed E-state index contributed by atoms with van der Waals surface area (Å²) in [5.41, 5.74) is 2.21. The molecular weight excluding hydrogens is 399 g/mol. The Morgan fingerprint density at radius 1 is 1.16 bits per heavy atom. The molecule has 0 unspecified atom stereocenters. The van der Waals surface area contributed by atoms with Crippen molar-refractivity contribution in [3.8, 4) is 0 Å². The predicted molar refractivity (Wildman–Crippen MR) is 117 cm³/mol. The molecule has 170 valence electrons. The van der Waals surface area contributed by atoms with E-state index in [-0.39, 0.29) is 11.5 Å². The summed E-state index contributed by atoms with van der Waals surface area (Å²) in [6.45, 7) is 5.23. The van der Waals surface area contributed by atoms with Crippen LogP contribution in [0, 0.1) is 13.8 Å². The van der Waals surface area contributed by atoms with E-state index in [0.29, 0.717) is 35.3 Å². The fourth-order valence-corrected chi connectivity index (χ4v) is 4.94. The number of rotatable bonds is 5. The lowest BCUT2D eigenvalue weighted by Gasteiger charge is -2.44. The van der Waals surface area contributed by atoms with Crippen LogP contribution in [0.15, 0.2) is 17.9 Å². The second kappa shape index (κ2) is 8.61. The maximum Gasteiger partial charge on any atom is 0.414 e. The maximum atomic E-state index is 13.3. The minimum Gasteiger partial charge on any atom is -0.411 e. The number of methoxy groups -OCH3 is 1. The third-order valence-electron chi connectivity index (χ3n) is 6.89. The average molecular weight is 433 g/mol. The summed E-state index contributed by atoms with van der Waals surface area (Å²) in [6, 6.07) is 3.49. The SMILES string of the molecule is CCC1(OC)CCC2(CC1)NC(=O)C(c1c(C)cc(CF)cc1C)=C2OC(=O)N(C)C. The molecule has 1 spiro atoms. The highest BCUT2D eigenvalue weighted by Gasteiger charge is 2.53. The molecule has 6 nitrogen and oxygen atoms in total. The van der Waals surface area contributed by atoms with Gasteiger partial charge in [0.25, 0.3) is 5.91 Å². The Hall–Kier alpha value is -2.41. The van der Waals surface area contributed by atoms with Crippen LogP contribution in [0.25, 0.3) is 5.57 Å². The number of halogens is 1. The number of nitrogens with zero attached hydrogens (tertiary/aromatic N) is 1. The molecule has 3 rings (SSSR count). The molecular formula is C24H33FN2O4. The second-order valence-corrected chi connectivity index (χ2v) is 8.98.